The van der Waals surface area contributed by atoms with Crippen LogP contribution in [0.2, 0.25) is 0 Å². The van der Waals surface area contributed by atoms with Gasteiger partial charge in [-0.1, -0.05) is 36.8 Å². The van der Waals surface area contributed by atoms with Gasteiger partial charge in [0.05, 0.1) is 5.92 Å². The standard InChI is InChI=1S/C17H27NO2/c1-12-6-8-14(9-7-12)11-15(18-17(3,4)5)10-13(2)16(19)20/h6-9,13,15,18H,10-11H2,1-5H3,(H,19,20)/t13-,15+/m0/s1. The summed E-state index contributed by atoms with van der Waals surface area (Å²) in [6.07, 6.45) is 1.50. The van der Waals surface area contributed by atoms with Gasteiger partial charge in [-0.15, -0.1) is 0 Å². The molecule has 0 fully saturated rings. The zero-order valence-corrected chi connectivity index (χ0v) is 13.2. The van der Waals surface area contributed by atoms with E-state index in [2.05, 4.69) is 57.3 Å². The highest BCUT2D eigenvalue weighted by atomic mass is 16.4. The Morgan fingerprint density at radius 1 is 1.25 bits per heavy atom. The number of nitrogens with one attached hydrogen (secondary N) is 1. The maximum Gasteiger partial charge on any atom is 0.306 e. The van der Waals surface area contributed by atoms with Gasteiger partial charge in [0, 0.05) is 11.6 Å². The lowest BCUT2D eigenvalue weighted by molar-refractivity contribution is -0.141. The summed E-state index contributed by atoms with van der Waals surface area (Å²) in [5, 5.41) is 12.6. The third-order valence-electron chi connectivity index (χ3n) is 3.30. The van der Waals surface area contributed by atoms with Crippen molar-refractivity contribution in [3.63, 3.8) is 0 Å². The van der Waals surface area contributed by atoms with Gasteiger partial charge >= 0.3 is 5.97 Å². The molecule has 3 heteroatoms. The van der Waals surface area contributed by atoms with E-state index in [0.29, 0.717) is 6.42 Å². The molecular formula is C17H27NO2. The summed E-state index contributed by atoms with van der Waals surface area (Å²) in [6, 6.07) is 8.62. The molecule has 0 aliphatic heterocycles. The van der Waals surface area contributed by atoms with Crippen LogP contribution < -0.4 is 5.32 Å². The molecule has 0 amide bonds. The predicted octanol–water partition coefficient (Wildman–Crippen LogP) is 3.41. The van der Waals surface area contributed by atoms with Crippen LogP contribution in [0.4, 0.5) is 0 Å². The minimum Gasteiger partial charge on any atom is -0.481 e. The zero-order valence-electron chi connectivity index (χ0n) is 13.2. The van der Waals surface area contributed by atoms with Crippen molar-refractivity contribution in [2.45, 2.75) is 59.0 Å². The summed E-state index contributed by atoms with van der Waals surface area (Å²) in [5.41, 5.74) is 2.47. The number of rotatable bonds is 6. The molecule has 0 aromatic heterocycles. The van der Waals surface area contributed by atoms with Gasteiger partial charge in [0.25, 0.3) is 0 Å². The molecule has 0 aliphatic rings. The molecule has 0 heterocycles. The van der Waals surface area contributed by atoms with Crippen molar-refractivity contribution in [2.24, 2.45) is 5.92 Å². The lowest BCUT2D eigenvalue weighted by atomic mass is 9.93. The molecule has 0 saturated carbocycles. The number of carboxylic acids is 1. The molecule has 1 aromatic rings. The van der Waals surface area contributed by atoms with E-state index in [1.807, 2.05) is 0 Å². The molecule has 0 unspecified atom stereocenters. The van der Waals surface area contributed by atoms with E-state index in [-0.39, 0.29) is 17.5 Å². The van der Waals surface area contributed by atoms with Crippen LogP contribution in [0.5, 0.6) is 0 Å². The van der Waals surface area contributed by atoms with E-state index in [9.17, 15) is 4.79 Å². The van der Waals surface area contributed by atoms with E-state index < -0.39 is 5.97 Å². The average Bonchev–Trinajstić information content (AvgIpc) is 2.29. The van der Waals surface area contributed by atoms with Crippen LogP contribution in [-0.2, 0) is 11.2 Å². The molecule has 1 aromatic carbocycles. The van der Waals surface area contributed by atoms with Crippen molar-refractivity contribution in [1.82, 2.24) is 5.32 Å². The Hall–Kier alpha value is -1.35. The maximum atomic E-state index is 11.1. The second-order valence-electron chi connectivity index (χ2n) is 6.76. The van der Waals surface area contributed by atoms with Crippen LogP contribution in [0.25, 0.3) is 0 Å². The van der Waals surface area contributed by atoms with E-state index >= 15 is 0 Å². The SMILES string of the molecule is Cc1ccc(C[C@@H](C[C@H](C)C(=O)O)NC(C)(C)C)cc1. The summed E-state index contributed by atoms with van der Waals surface area (Å²) in [7, 11) is 0. The summed E-state index contributed by atoms with van der Waals surface area (Å²) in [4.78, 5) is 11.1. The quantitative estimate of drug-likeness (QED) is 0.838. The second-order valence-corrected chi connectivity index (χ2v) is 6.76. The number of aliphatic carboxylic acids is 1. The lowest BCUT2D eigenvalue weighted by Gasteiger charge is -2.30. The fourth-order valence-corrected chi connectivity index (χ4v) is 2.34. The summed E-state index contributed by atoms with van der Waals surface area (Å²) < 4.78 is 0. The van der Waals surface area contributed by atoms with Crippen molar-refractivity contribution in [1.29, 1.82) is 0 Å². The van der Waals surface area contributed by atoms with Crippen LogP contribution in [0.15, 0.2) is 24.3 Å². The number of carbonyl (C=O) groups is 1. The fourth-order valence-electron chi connectivity index (χ4n) is 2.34. The Bertz CT molecular complexity index is 431. The number of aryl methyl sites for hydroxylation is 1. The van der Waals surface area contributed by atoms with E-state index in [1.54, 1.807) is 6.92 Å². The first-order valence-electron chi connectivity index (χ1n) is 7.23. The monoisotopic (exact) mass is 277 g/mol. The van der Waals surface area contributed by atoms with Crippen molar-refractivity contribution in [3.8, 4) is 0 Å². The highest BCUT2D eigenvalue weighted by Crippen LogP contribution is 2.15. The molecule has 0 saturated heterocycles. The summed E-state index contributed by atoms with van der Waals surface area (Å²) in [5.74, 6) is -1.06. The van der Waals surface area contributed by atoms with Gasteiger partial charge in [-0.2, -0.15) is 0 Å². The first-order chi connectivity index (χ1) is 9.17. The zero-order chi connectivity index (χ0) is 15.3. The van der Waals surface area contributed by atoms with Crippen LogP contribution in [0, 0.1) is 12.8 Å². The molecule has 0 bridgehead atoms. The maximum absolute atomic E-state index is 11.1. The molecule has 2 atom stereocenters. The Labute approximate surface area is 122 Å². The van der Waals surface area contributed by atoms with Gasteiger partial charge < -0.3 is 10.4 Å². The average molecular weight is 277 g/mol. The fraction of sp³-hybridized carbons (Fsp3) is 0.588. The molecular weight excluding hydrogens is 250 g/mol. The Morgan fingerprint density at radius 2 is 1.80 bits per heavy atom. The van der Waals surface area contributed by atoms with Gasteiger partial charge in [0.15, 0.2) is 0 Å². The normalized spacial score (nSPS) is 14.8. The highest BCUT2D eigenvalue weighted by molar-refractivity contribution is 5.69. The molecule has 20 heavy (non-hydrogen) atoms. The number of benzene rings is 1. The van der Waals surface area contributed by atoms with Gasteiger partial charge in [0.2, 0.25) is 0 Å². The van der Waals surface area contributed by atoms with Gasteiger partial charge in [-0.05, 0) is 46.1 Å². The van der Waals surface area contributed by atoms with Gasteiger partial charge in [-0.3, -0.25) is 4.79 Å². The number of carboxylic acid groups (broad SMARTS) is 1. The first-order valence-corrected chi connectivity index (χ1v) is 7.23. The first kappa shape index (κ1) is 16.7. The number of hydrogen-bond acceptors (Lipinski definition) is 2. The molecule has 2 N–H and O–H groups in total. The molecule has 1 rings (SSSR count). The van der Waals surface area contributed by atoms with Gasteiger partial charge in [-0.25, -0.2) is 0 Å². The van der Waals surface area contributed by atoms with E-state index in [4.69, 9.17) is 5.11 Å². The molecule has 0 radical (unpaired) electrons. The van der Waals surface area contributed by atoms with Crippen molar-refractivity contribution >= 4 is 5.97 Å². The second kappa shape index (κ2) is 6.89. The molecule has 0 spiro atoms. The number of hydrogen-bond donors (Lipinski definition) is 2. The van der Waals surface area contributed by atoms with E-state index in [0.717, 1.165) is 6.42 Å². The highest BCUT2D eigenvalue weighted by Gasteiger charge is 2.22. The molecule has 3 nitrogen and oxygen atoms in total. The van der Waals surface area contributed by atoms with Crippen LogP contribution >= 0.6 is 0 Å². The Morgan fingerprint density at radius 3 is 2.25 bits per heavy atom. The van der Waals surface area contributed by atoms with Crippen molar-refractivity contribution in [3.05, 3.63) is 35.4 Å². The topological polar surface area (TPSA) is 49.3 Å². The van der Waals surface area contributed by atoms with Crippen LogP contribution in [-0.4, -0.2) is 22.7 Å². The minimum atomic E-state index is -0.727. The third-order valence-corrected chi connectivity index (χ3v) is 3.30. The van der Waals surface area contributed by atoms with E-state index in [1.165, 1.54) is 11.1 Å². The Balaban J connectivity index is 2.76. The minimum absolute atomic E-state index is 0.0203. The lowest BCUT2D eigenvalue weighted by Crippen LogP contribution is -2.45. The smallest absolute Gasteiger partial charge is 0.306 e. The van der Waals surface area contributed by atoms with Crippen molar-refractivity contribution in [2.75, 3.05) is 0 Å². The largest absolute Gasteiger partial charge is 0.481 e. The van der Waals surface area contributed by atoms with Crippen LogP contribution in [0.3, 0.4) is 0 Å². The van der Waals surface area contributed by atoms with Gasteiger partial charge in [0.1, 0.15) is 0 Å². The Kier molecular flexibility index (Phi) is 5.75. The van der Waals surface area contributed by atoms with Crippen LogP contribution in [0.1, 0.15) is 45.2 Å². The molecule has 112 valence electrons. The predicted molar refractivity (Wildman–Crippen MR) is 83.0 cm³/mol. The summed E-state index contributed by atoms with van der Waals surface area (Å²) in [6.45, 7) is 10.2. The third kappa shape index (κ3) is 6.20. The molecule has 0 aliphatic carbocycles. The summed E-state index contributed by atoms with van der Waals surface area (Å²) >= 11 is 0. The van der Waals surface area contributed by atoms with Crippen molar-refractivity contribution < 1.29 is 9.90 Å².